The van der Waals surface area contributed by atoms with Crippen LogP contribution in [0.25, 0.3) is 0 Å². The minimum Gasteiger partial charge on any atom is -0.462 e. The maximum Gasteiger partial charge on any atom is 0.306 e. The van der Waals surface area contributed by atoms with E-state index in [1.807, 2.05) is 6.08 Å². The number of unbranched alkanes of at least 4 members (excludes halogenated alkanes) is 22. The molecule has 0 aliphatic rings. The summed E-state index contributed by atoms with van der Waals surface area (Å²) in [6.07, 6.45) is 67.3. The topological polar surface area (TPSA) is 78.9 Å². The van der Waals surface area contributed by atoms with Gasteiger partial charge in [0.2, 0.25) is 0 Å². The Morgan fingerprint density at radius 1 is 0.328 bits per heavy atom. The van der Waals surface area contributed by atoms with Crippen molar-refractivity contribution in [3.8, 4) is 0 Å². The molecule has 1 atom stereocenters. The molecule has 0 aliphatic carbocycles. The van der Waals surface area contributed by atoms with E-state index in [0.29, 0.717) is 19.3 Å². The summed E-state index contributed by atoms with van der Waals surface area (Å²) < 4.78 is 16.7. The molecule has 0 aliphatic heterocycles. The van der Waals surface area contributed by atoms with Gasteiger partial charge in [-0.2, -0.15) is 0 Å². The van der Waals surface area contributed by atoms with Crippen LogP contribution < -0.4 is 0 Å². The van der Waals surface area contributed by atoms with Crippen LogP contribution in [0.4, 0.5) is 0 Å². The van der Waals surface area contributed by atoms with Gasteiger partial charge in [-0.05, 0) is 77.0 Å². The van der Waals surface area contributed by atoms with Crippen molar-refractivity contribution in [2.45, 2.75) is 252 Å². The molecule has 0 heterocycles. The van der Waals surface area contributed by atoms with E-state index in [1.54, 1.807) is 0 Å². The van der Waals surface area contributed by atoms with Crippen LogP contribution in [0.15, 0.2) is 85.1 Å². The third-order valence-electron chi connectivity index (χ3n) is 11.1. The van der Waals surface area contributed by atoms with Crippen molar-refractivity contribution in [2.75, 3.05) is 13.2 Å². The van der Waals surface area contributed by atoms with Crippen molar-refractivity contribution in [1.82, 2.24) is 0 Å². The summed E-state index contributed by atoms with van der Waals surface area (Å²) in [5, 5.41) is 0. The zero-order valence-electron chi connectivity index (χ0n) is 41.8. The molecule has 0 saturated heterocycles. The number of hydrogen-bond donors (Lipinski definition) is 0. The van der Waals surface area contributed by atoms with E-state index in [1.165, 1.54) is 103 Å². The Kier molecular flexibility index (Phi) is 49.4. The lowest BCUT2D eigenvalue weighted by molar-refractivity contribution is -0.166. The van der Waals surface area contributed by atoms with E-state index in [-0.39, 0.29) is 37.5 Å². The van der Waals surface area contributed by atoms with Gasteiger partial charge in [-0.3, -0.25) is 14.4 Å². The molecule has 1 unspecified atom stereocenters. The second-order valence-electron chi connectivity index (χ2n) is 17.4. The van der Waals surface area contributed by atoms with E-state index >= 15 is 0 Å². The zero-order chi connectivity index (χ0) is 46.5. The van der Waals surface area contributed by atoms with Crippen molar-refractivity contribution in [2.24, 2.45) is 0 Å². The minimum absolute atomic E-state index is 0.103. The Hall–Kier alpha value is -3.41. The molecule has 6 nitrogen and oxygen atoms in total. The Morgan fingerprint density at radius 3 is 1.11 bits per heavy atom. The Labute approximate surface area is 395 Å². The summed E-state index contributed by atoms with van der Waals surface area (Å²) in [5.41, 5.74) is 0. The van der Waals surface area contributed by atoms with Gasteiger partial charge in [-0.1, -0.05) is 234 Å². The van der Waals surface area contributed by atoms with Crippen LogP contribution in [-0.4, -0.2) is 37.2 Å². The first-order chi connectivity index (χ1) is 31.5. The lowest BCUT2D eigenvalue weighted by atomic mass is 10.0. The average Bonchev–Trinajstić information content (AvgIpc) is 3.29. The number of esters is 3. The van der Waals surface area contributed by atoms with Gasteiger partial charge in [0.1, 0.15) is 13.2 Å². The maximum absolute atomic E-state index is 12.8. The molecule has 0 rings (SSSR count). The highest BCUT2D eigenvalue weighted by molar-refractivity contribution is 5.71. The van der Waals surface area contributed by atoms with Crippen LogP contribution in [0.3, 0.4) is 0 Å². The normalized spacial score (nSPS) is 12.7. The van der Waals surface area contributed by atoms with Crippen LogP contribution >= 0.6 is 0 Å². The van der Waals surface area contributed by atoms with Gasteiger partial charge in [0.05, 0.1) is 0 Å². The molecule has 64 heavy (non-hydrogen) atoms. The molecule has 0 aromatic carbocycles. The largest absolute Gasteiger partial charge is 0.462 e. The average molecular weight is 891 g/mol. The van der Waals surface area contributed by atoms with Gasteiger partial charge in [0.15, 0.2) is 6.10 Å². The highest BCUT2D eigenvalue weighted by Gasteiger charge is 2.19. The molecular formula is C58H98O6. The van der Waals surface area contributed by atoms with Gasteiger partial charge < -0.3 is 14.2 Å². The van der Waals surface area contributed by atoms with Gasteiger partial charge in [0.25, 0.3) is 0 Å². The molecular weight excluding hydrogens is 793 g/mol. The maximum atomic E-state index is 12.8. The van der Waals surface area contributed by atoms with Crippen molar-refractivity contribution >= 4 is 17.9 Å². The standard InChI is InChI=1S/C58H98O6/c1-4-7-10-13-16-19-22-24-26-28-29-31-32-34-36-39-42-45-48-51-57(60)63-54-55(53-62-56(59)50-47-44-41-38-21-18-15-12-9-6-3)64-58(61)52-49-46-43-40-37-35-33-30-27-25-23-20-17-14-11-8-5-2/h7,10,12,15-16,19,24,26,29,31,34,36,42,45,55H,4-6,8-9,11,13-14,17-18,20-23,25,27-28,30,32-33,35,37-41,43-44,46-54H2,1-3H3/b10-7-,15-12-,19-16-,26-24-,31-29-,36-34-,45-42-. The lowest BCUT2D eigenvalue weighted by Gasteiger charge is -2.18. The molecule has 0 aromatic rings. The Balaban J connectivity index is 4.44. The number of hydrogen-bond acceptors (Lipinski definition) is 6. The summed E-state index contributed by atoms with van der Waals surface area (Å²) in [6.45, 7) is 6.40. The summed E-state index contributed by atoms with van der Waals surface area (Å²) in [7, 11) is 0. The van der Waals surface area contributed by atoms with E-state index in [4.69, 9.17) is 14.2 Å². The van der Waals surface area contributed by atoms with Crippen molar-refractivity contribution in [3.63, 3.8) is 0 Å². The Morgan fingerprint density at radius 2 is 0.672 bits per heavy atom. The van der Waals surface area contributed by atoms with Gasteiger partial charge >= 0.3 is 17.9 Å². The van der Waals surface area contributed by atoms with E-state index < -0.39 is 6.10 Å². The van der Waals surface area contributed by atoms with E-state index in [2.05, 4.69) is 99.8 Å². The summed E-state index contributed by atoms with van der Waals surface area (Å²) in [6, 6.07) is 0. The molecule has 0 radical (unpaired) electrons. The van der Waals surface area contributed by atoms with Crippen molar-refractivity contribution in [1.29, 1.82) is 0 Å². The SMILES string of the molecule is CC/C=C\C/C=C\C/C=C\C/C=C\C/C=C\C/C=C\CCC(=O)OCC(COC(=O)CCCCCCC/C=C\CCC)OC(=O)CCCCCCCCCCCCCCCCCCC. The van der Waals surface area contributed by atoms with E-state index in [9.17, 15) is 14.4 Å². The van der Waals surface area contributed by atoms with Crippen LogP contribution in [0, 0.1) is 0 Å². The van der Waals surface area contributed by atoms with E-state index in [0.717, 1.165) is 96.3 Å². The quantitative estimate of drug-likeness (QED) is 0.0262. The van der Waals surface area contributed by atoms with Crippen LogP contribution in [0.2, 0.25) is 0 Å². The highest BCUT2D eigenvalue weighted by Crippen LogP contribution is 2.15. The number of carbonyl (C=O) groups excluding carboxylic acids is 3. The zero-order valence-corrected chi connectivity index (χ0v) is 41.8. The fraction of sp³-hybridized carbons (Fsp3) is 0.707. The molecule has 0 saturated carbocycles. The molecule has 0 bridgehead atoms. The fourth-order valence-corrected chi connectivity index (χ4v) is 7.18. The first-order valence-electron chi connectivity index (χ1n) is 26.6. The first kappa shape index (κ1) is 60.6. The second kappa shape index (κ2) is 52.2. The van der Waals surface area contributed by atoms with Gasteiger partial charge in [-0.15, -0.1) is 0 Å². The number of rotatable bonds is 47. The van der Waals surface area contributed by atoms with Gasteiger partial charge in [-0.25, -0.2) is 0 Å². The second-order valence-corrected chi connectivity index (χ2v) is 17.4. The minimum atomic E-state index is -0.808. The van der Waals surface area contributed by atoms with Crippen LogP contribution in [-0.2, 0) is 28.6 Å². The third kappa shape index (κ3) is 49.6. The smallest absolute Gasteiger partial charge is 0.306 e. The first-order valence-corrected chi connectivity index (χ1v) is 26.6. The third-order valence-corrected chi connectivity index (χ3v) is 11.1. The summed E-state index contributed by atoms with van der Waals surface area (Å²) in [4.78, 5) is 37.9. The van der Waals surface area contributed by atoms with Crippen LogP contribution in [0.5, 0.6) is 0 Å². The summed E-state index contributed by atoms with van der Waals surface area (Å²) in [5.74, 6) is -0.998. The monoisotopic (exact) mass is 891 g/mol. The number of ether oxygens (including phenoxy) is 3. The lowest BCUT2D eigenvalue weighted by Crippen LogP contribution is -2.30. The predicted molar refractivity (Wildman–Crippen MR) is 274 cm³/mol. The van der Waals surface area contributed by atoms with Crippen molar-refractivity contribution < 1.29 is 28.6 Å². The summed E-state index contributed by atoms with van der Waals surface area (Å²) >= 11 is 0. The number of carbonyl (C=O) groups is 3. The van der Waals surface area contributed by atoms with Gasteiger partial charge in [0, 0.05) is 19.3 Å². The molecule has 366 valence electrons. The van der Waals surface area contributed by atoms with Crippen LogP contribution in [0.1, 0.15) is 245 Å². The Bertz CT molecular complexity index is 1250. The molecule has 0 aromatic heterocycles. The molecule has 0 spiro atoms. The predicted octanol–water partition coefficient (Wildman–Crippen LogP) is 17.6. The van der Waals surface area contributed by atoms with Crippen molar-refractivity contribution in [3.05, 3.63) is 85.1 Å². The molecule has 6 heteroatoms. The number of allylic oxidation sites excluding steroid dienone is 14. The fourth-order valence-electron chi connectivity index (χ4n) is 7.18. The molecule has 0 amide bonds. The molecule has 0 N–H and O–H groups in total. The highest BCUT2D eigenvalue weighted by atomic mass is 16.6. The molecule has 0 fully saturated rings.